The van der Waals surface area contributed by atoms with Crippen molar-refractivity contribution in [2.45, 2.75) is 45.7 Å². The molecule has 1 amide bonds. The molecule has 1 aliphatic rings. The van der Waals surface area contributed by atoms with Crippen LogP contribution in [0.1, 0.15) is 52.1 Å². The Morgan fingerprint density at radius 1 is 1.22 bits per heavy atom. The molecule has 3 heterocycles. The highest BCUT2D eigenvalue weighted by Gasteiger charge is 2.33. The molecule has 4 N–H and O–H groups in total. The zero-order chi connectivity index (χ0) is 26.0. The minimum atomic E-state index is -1.12. The number of thiophene rings is 1. The van der Waals surface area contributed by atoms with Gasteiger partial charge in [0.05, 0.1) is 12.1 Å². The van der Waals surface area contributed by atoms with Crippen LogP contribution in [0.4, 0.5) is 0 Å². The number of aryl methyl sites for hydroxylation is 2. The van der Waals surface area contributed by atoms with Gasteiger partial charge >= 0.3 is 5.97 Å². The molecule has 2 atom stereocenters. The predicted molar refractivity (Wildman–Crippen MR) is 140 cm³/mol. The SMILES string of the molecule is Cc1sc2c(c1C)C(c1ccc(Cl)cc1)=N[C@@H](CC(=O)NC(C/C=C/CN)C(=O)O)c1nnc(C)n1-2. The van der Waals surface area contributed by atoms with E-state index in [2.05, 4.69) is 29.4 Å². The van der Waals surface area contributed by atoms with Gasteiger partial charge in [-0.25, -0.2) is 4.79 Å². The summed E-state index contributed by atoms with van der Waals surface area (Å²) in [4.78, 5) is 30.9. The number of fused-ring (bicyclic) bond motifs is 3. The van der Waals surface area contributed by atoms with Crippen molar-refractivity contribution in [2.24, 2.45) is 10.7 Å². The second-order valence-electron chi connectivity index (χ2n) is 8.51. The molecule has 1 aromatic carbocycles. The number of aromatic nitrogens is 3. The number of nitrogens with zero attached hydrogens (tertiary/aromatic N) is 4. The number of carboxylic acids is 1. The fourth-order valence-corrected chi connectivity index (χ4v) is 5.45. The van der Waals surface area contributed by atoms with Gasteiger partial charge in [-0.15, -0.1) is 21.5 Å². The highest BCUT2D eigenvalue weighted by molar-refractivity contribution is 7.15. The zero-order valence-corrected chi connectivity index (χ0v) is 21.7. The van der Waals surface area contributed by atoms with Crippen molar-refractivity contribution in [3.8, 4) is 5.00 Å². The van der Waals surface area contributed by atoms with E-state index in [1.54, 1.807) is 35.6 Å². The third-order valence-electron chi connectivity index (χ3n) is 6.04. The van der Waals surface area contributed by atoms with Gasteiger partial charge in [-0.05, 0) is 44.9 Å². The van der Waals surface area contributed by atoms with Gasteiger partial charge in [0.1, 0.15) is 22.9 Å². The average molecular weight is 527 g/mol. The van der Waals surface area contributed by atoms with Crippen LogP contribution in [-0.2, 0) is 9.59 Å². The summed E-state index contributed by atoms with van der Waals surface area (Å²) in [5, 5.41) is 22.4. The van der Waals surface area contributed by atoms with Crippen LogP contribution < -0.4 is 11.1 Å². The molecule has 0 fully saturated rings. The molecule has 9 nitrogen and oxygen atoms in total. The maximum atomic E-state index is 13.0. The Balaban J connectivity index is 1.77. The van der Waals surface area contributed by atoms with Crippen molar-refractivity contribution in [1.82, 2.24) is 20.1 Å². The van der Waals surface area contributed by atoms with E-state index in [0.717, 1.165) is 32.3 Å². The Morgan fingerprint density at radius 2 is 1.94 bits per heavy atom. The van der Waals surface area contributed by atoms with E-state index in [9.17, 15) is 14.7 Å². The molecule has 0 radical (unpaired) electrons. The van der Waals surface area contributed by atoms with Crippen LogP contribution in [0.15, 0.2) is 41.4 Å². The fraction of sp³-hybridized carbons (Fsp3) is 0.320. The topological polar surface area (TPSA) is 135 Å². The summed E-state index contributed by atoms with van der Waals surface area (Å²) in [6, 6.07) is 5.66. The Bertz CT molecular complexity index is 1360. The number of halogens is 1. The molecule has 3 aromatic rings. The Kier molecular flexibility index (Phi) is 7.67. The Hall–Kier alpha value is -3.34. The summed E-state index contributed by atoms with van der Waals surface area (Å²) < 4.78 is 1.95. The van der Waals surface area contributed by atoms with Gasteiger partial charge in [0.15, 0.2) is 5.82 Å². The summed E-state index contributed by atoms with van der Waals surface area (Å²) >= 11 is 7.76. The summed E-state index contributed by atoms with van der Waals surface area (Å²) in [6.45, 7) is 6.26. The Labute approximate surface area is 217 Å². The first-order valence-corrected chi connectivity index (χ1v) is 12.6. The van der Waals surface area contributed by atoms with Gasteiger partial charge in [-0.3, -0.25) is 14.4 Å². The van der Waals surface area contributed by atoms with E-state index in [1.165, 1.54) is 0 Å². The van der Waals surface area contributed by atoms with Gasteiger partial charge in [0.25, 0.3) is 0 Å². The van der Waals surface area contributed by atoms with Gasteiger partial charge in [-0.2, -0.15) is 0 Å². The van der Waals surface area contributed by atoms with Crippen LogP contribution >= 0.6 is 22.9 Å². The van der Waals surface area contributed by atoms with E-state index in [1.807, 2.05) is 23.6 Å². The smallest absolute Gasteiger partial charge is 0.326 e. The van der Waals surface area contributed by atoms with E-state index in [0.29, 0.717) is 23.2 Å². The second-order valence-corrected chi connectivity index (χ2v) is 10.1. The molecule has 11 heteroatoms. The number of hydrogen-bond donors (Lipinski definition) is 3. The Morgan fingerprint density at radius 3 is 2.61 bits per heavy atom. The van der Waals surface area contributed by atoms with Gasteiger partial charge in [-0.1, -0.05) is 35.9 Å². The summed E-state index contributed by atoms with van der Waals surface area (Å²) in [5.74, 6) is -0.355. The molecule has 0 aliphatic carbocycles. The molecule has 1 unspecified atom stereocenters. The third kappa shape index (κ3) is 5.11. The third-order valence-corrected chi connectivity index (χ3v) is 7.49. The van der Waals surface area contributed by atoms with Crippen molar-refractivity contribution in [2.75, 3.05) is 6.54 Å². The minimum absolute atomic E-state index is 0.0907. The first kappa shape index (κ1) is 25.7. The lowest BCUT2D eigenvalue weighted by Gasteiger charge is -2.16. The van der Waals surface area contributed by atoms with Crippen molar-refractivity contribution < 1.29 is 14.7 Å². The lowest BCUT2D eigenvalue weighted by molar-refractivity contribution is -0.141. The molecule has 1 aliphatic heterocycles. The number of amides is 1. The van der Waals surface area contributed by atoms with Crippen LogP contribution in [-0.4, -0.2) is 50.0 Å². The number of aliphatic carboxylic acids is 1. The van der Waals surface area contributed by atoms with Crippen LogP contribution in [0.2, 0.25) is 5.02 Å². The maximum absolute atomic E-state index is 13.0. The average Bonchev–Trinajstić information content (AvgIpc) is 3.31. The number of aliphatic imine (C=N–C) groups is 1. The lowest BCUT2D eigenvalue weighted by atomic mass is 9.99. The molecule has 0 saturated carbocycles. The number of nitrogens with two attached hydrogens (primary N) is 1. The van der Waals surface area contributed by atoms with E-state index in [-0.39, 0.29) is 12.8 Å². The summed E-state index contributed by atoms with van der Waals surface area (Å²) in [5.41, 5.74) is 9.07. The molecular weight excluding hydrogens is 500 g/mol. The van der Waals surface area contributed by atoms with E-state index >= 15 is 0 Å². The number of carboxylic acid groups (broad SMARTS) is 1. The van der Waals surface area contributed by atoms with Crippen LogP contribution in [0, 0.1) is 20.8 Å². The number of rotatable bonds is 8. The first-order valence-electron chi connectivity index (χ1n) is 11.4. The van der Waals surface area contributed by atoms with Gasteiger partial charge in [0, 0.05) is 27.6 Å². The van der Waals surface area contributed by atoms with Crippen molar-refractivity contribution >= 4 is 40.5 Å². The summed E-state index contributed by atoms with van der Waals surface area (Å²) in [7, 11) is 0. The van der Waals surface area contributed by atoms with Crippen LogP contribution in [0.25, 0.3) is 5.00 Å². The monoisotopic (exact) mass is 526 g/mol. The second kappa shape index (κ2) is 10.7. The standard InChI is InChI=1S/C25H27ClN6O3S/c1-13-14(2)36-24-21(13)22(16-7-9-17(26)10-8-16)29-19(23-31-30-15(3)32(23)24)12-20(33)28-18(25(34)35)6-4-5-11-27/h4-5,7-10,18-19H,6,11-12,27H2,1-3H3,(H,28,33)(H,34,35)/b5-4+/t18?,19-/m0/s1. The van der Waals surface area contributed by atoms with Crippen LogP contribution in [0.3, 0.4) is 0 Å². The largest absolute Gasteiger partial charge is 0.480 e. The number of carbonyl (C=O) groups is 2. The molecule has 4 rings (SSSR count). The first-order chi connectivity index (χ1) is 17.2. The number of benzene rings is 1. The number of nitrogens with one attached hydrogen (secondary N) is 1. The van der Waals surface area contributed by atoms with Crippen LogP contribution in [0.5, 0.6) is 0 Å². The van der Waals surface area contributed by atoms with Crippen molar-refractivity contribution in [3.63, 3.8) is 0 Å². The zero-order valence-electron chi connectivity index (χ0n) is 20.2. The molecule has 188 valence electrons. The normalized spacial score (nSPS) is 15.7. The number of hydrogen-bond acceptors (Lipinski definition) is 7. The minimum Gasteiger partial charge on any atom is -0.480 e. The maximum Gasteiger partial charge on any atom is 0.326 e. The van der Waals surface area contributed by atoms with Crippen molar-refractivity contribution in [1.29, 1.82) is 0 Å². The highest BCUT2D eigenvalue weighted by Crippen LogP contribution is 2.39. The van der Waals surface area contributed by atoms with Gasteiger partial charge < -0.3 is 16.2 Å². The van der Waals surface area contributed by atoms with Gasteiger partial charge in [0.2, 0.25) is 5.91 Å². The molecule has 36 heavy (non-hydrogen) atoms. The highest BCUT2D eigenvalue weighted by atomic mass is 35.5. The predicted octanol–water partition coefficient (Wildman–Crippen LogP) is 3.66. The molecule has 2 aromatic heterocycles. The molecule has 0 saturated heterocycles. The number of carbonyl (C=O) groups excluding carboxylic acids is 1. The lowest BCUT2D eigenvalue weighted by Crippen LogP contribution is -2.41. The summed E-state index contributed by atoms with van der Waals surface area (Å²) in [6.07, 6.45) is 3.34. The fourth-order valence-electron chi connectivity index (χ4n) is 4.11. The van der Waals surface area contributed by atoms with E-state index < -0.39 is 24.0 Å². The van der Waals surface area contributed by atoms with E-state index in [4.69, 9.17) is 22.3 Å². The quantitative estimate of drug-likeness (QED) is 0.383. The molecule has 0 spiro atoms. The molecular formula is C25H27ClN6O3S. The van der Waals surface area contributed by atoms with Crippen molar-refractivity contribution in [3.05, 3.63) is 74.7 Å². The molecule has 0 bridgehead atoms.